The van der Waals surface area contributed by atoms with E-state index in [1.54, 1.807) is 16.2 Å². The maximum absolute atomic E-state index is 11.7. The van der Waals surface area contributed by atoms with Crippen LogP contribution in [0.5, 0.6) is 0 Å². The van der Waals surface area contributed by atoms with Gasteiger partial charge in [0.2, 0.25) is 0 Å². The summed E-state index contributed by atoms with van der Waals surface area (Å²) >= 11 is 1.70. The van der Waals surface area contributed by atoms with E-state index in [0.29, 0.717) is 0 Å². The highest BCUT2D eigenvalue weighted by atomic mass is 32.1. The Morgan fingerprint density at radius 2 is 2.15 bits per heavy atom. The van der Waals surface area contributed by atoms with Crippen molar-refractivity contribution in [3.63, 3.8) is 0 Å². The number of aryl methyl sites for hydroxylation is 2. The molecule has 1 fully saturated rings. The number of thiazole rings is 1. The van der Waals surface area contributed by atoms with Crippen LogP contribution in [0.4, 0.5) is 0 Å². The maximum Gasteiger partial charge on any atom is 0.251 e. The largest absolute Gasteiger partial charge is 0.384 e. The number of amides is 1. The van der Waals surface area contributed by atoms with E-state index in [4.69, 9.17) is 0 Å². The van der Waals surface area contributed by atoms with Crippen LogP contribution in [0.2, 0.25) is 0 Å². The number of hydrogen-bond acceptors (Lipinski definition) is 5. The minimum absolute atomic E-state index is 0.150. The Hall–Kier alpha value is -0.980. The summed E-state index contributed by atoms with van der Waals surface area (Å²) in [6, 6.07) is 0. The van der Waals surface area contributed by atoms with Crippen molar-refractivity contribution < 1.29 is 9.90 Å². The van der Waals surface area contributed by atoms with Crippen molar-refractivity contribution in [3.8, 4) is 0 Å². The van der Waals surface area contributed by atoms with Crippen LogP contribution in [0, 0.1) is 6.92 Å². The third kappa shape index (κ3) is 4.26. The van der Waals surface area contributed by atoms with E-state index < -0.39 is 6.10 Å². The van der Waals surface area contributed by atoms with E-state index in [0.717, 1.165) is 50.6 Å². The highest BCUT2D eigenvalue weighted by molar-refractivity contribution is 7.09. The number of aromatic nitrogens is 1. The molecule has 1 N–H and O–H groups in total. The van der Waals surface area contributed by atoms with Gasteiger partial charge in [-0.05, 0) is 33.2 Å². The van der Waals surface area contributed by atoms with Gasteiger partial charge < -0.3 is 10.0 Å². The molecule has 0 radical (unpaired) electrons. The van der Waals surface area contributed by atoms with Crippen LogP contribution in [0.15, 0.2) is 5.38 Å². The van der Waals surface area contributed by atoms with E-state index in [1.807, 2.05) is 6.92 Å². The predicted octanol–water partition coefficient (Wildman–Crippen LogP) is 0.909. The second-order valence-electron chi connectivity index (χ2n) is 5.30. The first-order valence-corrected chi connectivity index (χ1v) is 8.04. The smallest absolute Gasteiger partial charge is 0.251 e. The number of aliphatic hydroxyl groups is 1. The van der Waals surface area contributed by atoms with Crippen LogP contribution in [0.25, 0.3) is 0 Å². The highest BCUT2D eigenvalue weighted by Gasteiger charge is 2.23. The lowest BCUT2D eigenvalue weighted by atomic mass is 10.2. The first-order valence-electron chi connectivity index (χ1n) is 7.16. The zero-order chi connectivity index (χ0) is 14.5. The third-order valence-corrected chi connectivity index (χ3v) is 4.44. The quantitative estimate of drug-likeness (QED) is 0.878. The van der Waals surface area contributed by atoms with Crippen LogP contribution in [0.3, 0.4) is 0 Å². The molecule has 0 aliphatic carbocycles. The van der Waals surface area contributed by atoms with Crippen LogP contribution in [-0.2, 0) is 11.2 Å². The number of carbonyl (C=O) groups excluding carboxylic acids is 1. The normalized spacial score (nSPS) is 18.2. The standard InChI is InChI=1S/C14H23N3O2S/c1-11(18)14(19)17-8-6-16(7-9-17)5-3-4-13-10-20-12(2)15-13/h10-11,18H,3-9H2,1-2H3. The van der Waals surface area contributed by atoms with Crippen molar-refractivity contribution in [2.24, 2.45) is 0 Å². The summed E-state index contributed by atoms with van der Waals surface area (Å²) in [5.41, 5.74) is 1.19. The molecule has 0 aromatic carbocycles. The summed E-state index contributed by atoms with van der Waals surface area (Å²) < 4.78 is 0. The second kappa shape index (κ2) is 7.15. The zero-order valence-corrected chi connectivity index (χ0v) is 13.0. The number of carbonyl (C=O) groups is 1. The minimum Gasteiger partial charge on any atom is -0.384 e. The van der Waals surface area contributed by atoms with Crippen molar-refractivity contribution in [2.45, 2.75) is 32.8 Å². The summed E-state index contributed by atoms with van der Waals surface area (Å²) in [6.45, 7) is 7.85. The van der Waals surface area contributed by atoms with Gasteiger partial charge in [-0.1, -0.05) is 0 Å². The van der Waals surface area contributed by atoms with Crippen LogP contribution in [0.1, 0.15) is 24.0 Å². The van der Waals surface area contributed by atoms with Gasteiger partial charge in [-0.3, -0.25) is 9.69 Å². The summed E-state index contributed by atoms with van der Waals surface area (Å²) in [4.78, 5) is 20.3. The molecule has 0 bridgehead atoms. The fraction of sp³-hybridized carbons (Fsp3) is 0.714. The van der Waals surface area contributed by atoms with Gasteiger partial charge in [0, 0.05) is 31.6 Å². The second-order valence-corrected chi connectivity index (χ2v) is 6.37. The van der Waals surface area contributed by atoms with Gasteiger partial charge in [-0.25, -0.2) is 4.98 Å². The molecule has 6 heteroatoms. The molecule has 2 heterocycles. The monoisotopic (exact) mass is 297 g/mol. The number of hydrogen-bond donors (Lipinski definition) is 1. The third-order valence-electron chi connectivity index (χ3n) is 3.62. The molecule has 0 saturated carbocycles. The fourth-order valence-electron chi connectivity index (χ4n) is 2.46. The Balaban J connectivity index is 1.66. The van der Waals surface area contributed by atoms with Crippen molar-refractivity contribution in [3.05, 3.63) is 16.1 Å². The molecule has 5 nitrogen and oxygen atoms in total. The number of aliphatic hydroxyl groups excluding tert-OH is 1. The van der Waals surface area contributed by atoms with E-state index in [1.165, 1.54) is 12.6 Å². The Morgan fingerprint density at radius 3 is 2.70 bits per heavy atom. The van der Waals surface area contributed by atoms with Crippen molar-refractivity contribution >= 4 is 17.2 Å². The Bertz CT molecular complexity index is 439. The van der Waals surface area contributed by atoms with E-state index in [2.05, 4.69) is 15.3 Å². The summed E-state index contributed by atoms with van der Waals surface area (Å²) in [5.74, 6) is -0.150. The minimum atomic E-state index is -0.880. The Morgan fingerprint density at radius 1 is 1.45 bits per heavy atom. The van der Waals surface area contributed by atoms with Crippen LogP contribution in [-0.4, -0.2) is 64.6 Å². The molecule has 1 aliphatic rings. The molecule has 20 heavy (non-hydrogen) atoms. The van der Waals surface area contributed by atoms with Gasteiger partial charge in [0.15, 0.2) is 0 Å². The van der Waals surface area contributed by atoms with Gasteiger partial charge >= 0.3 is 0 Å². The lowest BCUT2D eigenvalue weighted by Gasteiger charge is -2.35. The molecule has 1 aromatic heterocycles. The first-order chi connectivity index (χ1) is 9.56. The molecule has 2 rings (SSSR count). The van der Waals surface area contributed by atoms with Crippen molar-refractivity contribution in [2.75, 3.05) is 32.7 Å². The van der Waals surface area contributed by atoms with Gasteiger partial charge in [0.25, 0.3) is 5.91 Å². The molecule has 112 valence electrons. The zero-order valence-electron chi connectivity index (χ0n) is 12.2. The van der Waals surface area contributed by atoms with Gasteiger partial charge in [0.1, 0.15) is 6.10 Å². The van der Waals surface area contributed by atoms with E-state index in [9.17, 15) is 9.90 Å². The lowest BCUT2D eigenvalue weighted by molar-refractivity contribution is -0.141. The van der Waals surface area contributed by atoms with E-state index >= 15 is 0 Å². The molecule has 1 atom stereocenters. The molecular formula is C14H23N3O2S. The van der Waals surface area contributed by atoms with Gasteiger partial charge in [-0.2, -0.15) is 0 Å². The first kappa shape index (κ1) is 15.4. The summed E-state index contributed by atoms with van der Waals surface area (Å²) in [7, 11) is 0. The summed E-state index contributed by atoms with van der Waals surface area (Å²) in [6.07, 6.45) is 1.25. The summed E-state index contributed by atoms with van der Waals surface area (Å²) in [5, 5.41) is 12.6. The topological polar surface area (TPSA) is 56.7 Å². The molecular weight excluding hydrogens is 274 g/mol. The number of nitrogens with zero attached hydrogens (tertiary/aromatic N) is 3. The molecule has 1 saturated heterocycles. The average molecular weight is 297 g/mol. The average Bonchev–Trinajstić information content (AvgIpc) is 2.84. The molecule has 0 spiro atoms. The molecule has 1 amide bonds. The molecule has 1 unspecified atom stereocenters. The molecule has 1 aromatic rings. The lowest BCUT2D eigenvalue weighted by Crippen LogP contribution is -2.51. The van der Waals surface area contributed by atoms with Gasteiger partial charge in [0.05, 0.1) is 10.7 Å². The van der Waals surface area contributed by atoms with Crippen molar-refractivity contribution in [1.29, 1.82) is 0 Å². The predicted molar refractivity (Wildman–Crippen MR) is 79.9 cm³/mol. The van der Waals surface area contributed by atoms with Crippen molar-refractivity contribution in [1.82, 2.24) is 14.8 Å². The SMILES string of the molecule is Cc1nc(CCCN2CCN(C(=O)C(C)O)CC2)cs1. The number of rotatable bonds is 5. The van der Waals surface area contributed by atoms with Crippen LogP contribution < -0.4 is 0 Å². The Kier molecular flexibility index (Phi) is 5.51. The molecule has 1 aliphatic heterocycles. The maximum atomic E-state index is 11.7. The number of piperazine rings is 1. The fourth-order valence-corrected chi connectivity index (χ4v) is 3.11. The van der Waals surface area contributed by atoms with Crippen LogP contribution >= 0.6 is 11.3 Å². The van der Waals surface area contributed by atoms with E-state index in [-0.39, 0.29) is 5.91 Å². The Labute approximate surface area is 124 Å². The highest BCUT2D eigenvalue weighted by Crippen LogP contribution is 2.11. The van der Waals surface area contributed by atoms with Gasteiger partial charge in [-0.15, -0.1) is 11.3 Å².